The van der Waals surface area contributed by atoms with Crippen molar-refractivity contribution in [3.8, 4) is 0 Å². The standard InChI is InChI=1S/C22H23Cl2N3O4/c1-14(28)27-12-17(26-31-13-15-7-8-18(23)19(24)9-15)10-20(27)22(30)25-11-21(29)16-5-3-2-4-6-16/h2-9,20-21,29H,10-13H2,1H3,(H,25,30)/t20-,21?/m0/s1. The Morgan fingerprint density at radius 3 is 2.65 bits per heavy atom. The number of oxime groups is 1. The van der Waals surface area contributed by atoms with Crippen molar-refractivity contribution < 1.29 is 19.5 Å². The lowest BCUT2D eigenvalue weighted by atomic mass is 10.1. The third-order valence-electron chi connectivity index (χ3n) is 4.93. The van der Waals surface area contributed by atoms with Crippen LogP contribution in [0.25, 0.3) is 0 Å². The molecule has 1 saturated heterocycles. The van der Waals surface area contributed by atoms with E-state index in [2.05, 4.69) is 10.5 Å². The molecular weight excluding hydrogens is 441 g/mol. The molecule has 1 aliphatic heterocycles. The number of amides is 2. The maximum atomic E-state index is 12.7. The van der Waals surface area contributed by atoms with Crippen LogP contribution in [-0.4, -0.2) is 46.7 Å². The zero-order chi connectivity index (χ0) is 22.4. The van der Waals surface area contributed by atoms with Gasteiger partial charge in [0.2, 0.25) is 11.8 Å². The Balaban J connectivity index is 1.57. The zero-order valence-corrected chi connectivity index (χ0v) is 18.4. The molecule has 0 bridgehead atoms. The number of aliphatic hydroxyl groups is 1. The van der Waals surface area contributed by atoms with E-state index in [4.69, 9.17) is 28.0 Å². The number of nitrogens with one attached hydrogen (secondary N) is 1. The van der Waals surface area contributed by atoms with E-state index >= 15 is 0 Å². The summed E-state index contributed by atoms with van der Waals surface area (Å²) in [6.45, 7) is 1.83. The summed E-state index contributed by atoms with van der Waals surface area (Å²) in [5.74, 6) is -0.585. The van der Waals surface area contributed by atoms with Gasteiger partial charge in [0.15, 0.2) is 0 Å². The van der Waals surface area contributed by atoms with Crippen LogP contribution in [0.2, 0.25) is 10.0 Å². The number of hydrogen-bond donors (Lipinski definition) is 2. The Labute approximate surface area is 190 Å². The van der Waals surface area contributed by atoms with E-state index in [0.717, 1.165) is 5.56 Å². The second-order valence-electron chi connectivity index (χ2n) is 7.22. The van der Waals surface area contributed by atoms with Crippen molar-refractivity contribution in [2.24, 2.45) is 5.16 Å². The van der Waals surface area contributed by atoms with E-state index in [-0.39, 0.29) is 37.9 Å². The number of likely N-dealkylation sites (tertiary alicyclic amines) is 1. The summed E-state index contributed by atoms with van der Waals surface area (Å²) in [6, 6.07) is 13.5. The minimum atomic E-state index is -0.833. The first-order valence-electron chi connectivity index (χ1n) is 9.74. The quantitative estimate of drug-likeness (QED) is 0.615. The predicted molar refractivity (Wildman–Crippen MR) is 119 cm³/mol. The molecule has 0 aromatic heterocycles. The van der Waals surface area contributed by atoms with Crippen molar-refractivity contribution in [3.05, 3.63) is 69.7 Å². The average molecular weight is 464 g/mol. The van der Waals surface area contributed by atoms with Gasteiger partial charge in [0.1, 0.15) is 12.6 Å². The molecular formula is C22H23Cl2N3O4. The molecule has 3 rings (SSSR count). The SMILES string of the molecule is CC(=O)N1CC(=NOCc2ccc(Cl)c(Cl)c2)C[C@H]1C(=O)NCC(O)c1ccccc1. The molecule has 9 heteroatoms. The second kappa shape index (κ2) is 10.6. The molecule has 31 heavy (non-hydrogen) atoms. The number of aliphatic hydroxyl groups excluding tert-OH is 1. The first-order valence-corrected chi connectivity index (χ1v) is 10.5. The fraction of sp³-hybridized carbons (Fsp3) is 0.318. The van der Waals surface area contributed by atoms with Gasteiger partial charge in [0.05, 0.1) is 28.4 Å². The van der Waals surface area contributed by atoms with Gasteiger partial charge in [0.25, 0.3) is 0 Å². The number of halogens is 2. The fourth-order valence-electron chi connectivity index (χ4n) is 3.27. The minimum absolute atomic E-state index is 0.0470. The monoisotopic (exact) mass is 463 g/mol. The van der Waals surface area contributed by atoms with E-state index < -0.39 is 12.1 Å². The zero-order valence-electron chi connectivity index (χ0n) is 16.9. The summed E-state index contributed by atoms with van der Waals surface area (Å²) >= 11 is 11.9. The van der Waals surface area contributed by atoms with Crippen LogP contribution in [0.4, 0.5) is 0 Å². The highest BCUT2D eigenvalue weighted by Gasteiger charge is 2.36. The van der Waals surface area contributed by atoms with Gasteiger partial charge in [-0.25, -0.2) is 0 Å². The summed E-state index contributed by atoms with van der Waals surface area (Å²) in [4.78, 5) is 31.5. The molecule has 1 unspecified atom stereocenters. The van der Waals surface area contributed by atoms with E-state index in [1.54, 1.807) is 30.3 Å². The number of rotatable bonds is 7. The van der Waals surface area contributed by atoms with Crippen LogP contribution in [-0.2, 0) is 21.0 Å². The van der Waals surface area contributed by atoms with E-state index in [9.17, 15) is 14.7 Å². The van der Waals surface area contributed by atoms with E-state index in [0.29, 0.717) is 21.3 Å². The van der Waals surface area contributed by atoms with Gasteiger partial charge >= 0.3 is 0 Å². The lowest BCUT2D eigenvalue weighted by molar-refractivity contribution is -0.137. The third kappa shape index (κ3) is 6.19. The molecule has 2 aromatic carbocycles. The predicted octanol–water partition coefficient (Wildman–Crippen LogP) is 3.34. The molecule has 0 spiro atoms. The Bertz CT molecular complexity index is 968. The van der Waals surface area contributed by atoms with Crippen LogP contribution in [0.3, 0.4) is 0 Å². The fourth-order valence-corrected chi connectivity index (χ4v) is 3.59. The lowest BCUT2D eigenvalue weighted by Crippen LogP contribution is -2.46. The molecule has 2 aromatic rings. The number of carbonyl (C=O) groups is 2. The highest BCUT2D eigenvalue weighted by molar-refractivity contribution is 6.42. The van der Waals surface area contributed by atoms with Crippen molar-refractivity contribution in [1.29, 1.82) is 0 Å². The molecule has 7 nitrogen and oxygen atoms in total. The summed E-state index contributed by atoms with van der Waals surface area (Å²) in [7, 11) is 0. The highest BCUT2D eigenvalue weighted by Crippen LogP contribution is 2.23. The van der Waals surface area contributed by atoms with Gasteiger partial charge in [0, 0.05) is 19.9 Å². The normalized spacial score (nSPS) is 18.1. The van der Waals surface area contributed by atoms with Crippen LogP contribution in [0.5, 0.6) is 0 Å². The van der Waals surface area contributed by atoms with Crippen molar-refractivity contribution in [3.63, 3.8) is 0 Å². The molecule has 0 saturated carbocycles. The first-order chi connectivity index (χ1) is 14.8. The number of hydrogen-bond acceptors (Lipinski definition) is 5. The van der Waals surface area contributed by atoms with Crippen molar-refractivity contribution in [2.45, 2.75) is 32.1 Å². The van der Waals surface area contributed by atoms with Gasteiger partial charge in [-0.2, -0.15) is 0 Å². The molecule has 1 fully saturated rings. The van der Waals surface area contributed by atoms with Gasteiger partial charge in [-0.15, -0.1) is 0 Å². The van der Waals surface area contributed by atoms with E-state index in [1.165, 1.54) is 11.8 Å². The topological polar surface area (TPSA) is 91.2 Å². The third-order valence-corrected chi connectivity index (χ3v) is 5.67. The Hall–Kier alpha value is -2.61. The van der Waals surface area contributed by atoms with Crippen LogP contribution in [0.15, 0.2) is 53.7 Å². The highest BCUT2D eigenvalue weighted by atomic mass is 35.5. The van der Waals surface area contributed by atoms with Gasteiger partial charge in [-0.3, -0.25) is 9.59 Å². The molecule has 1 aliphatic rings. The molecule has 2 amide bonds. The van der Waals surface area contributed by atoms with E-state index in [1.807, 2.05) is 18.2 Å². The first kappa shape index (κ1) is 23.1. The molecule has 2 atom stereocenters. The Kier molecular flexibility index (Phi) is 7.90. The van der Waals surface area contributed by atoms with Crippen molar-refractivity contribution in [2.75, 3.05) is 13.1 Å². The summed E-state index contributed by atoms with van der Waals surface area (Å²) < 4.78 is 0. The molecule has 164 valence electrons. The number of nitrogens with zero attached hydrogens (tertiary/aromatic N) is 2. The van der Waals surface area contributed by atoms with Crippen molar-refractivity contribution in [1.82, 2.24) is 10.2 Å². The Morgan fingerprint density at radius 2 is 1.97 bits per heavy atom. The van der Waals surface area contributed by atoms with Gasteiger partial charge in [-0.1, -0.05) is 64.8 Å². The minimum Gasteiger partial charge on any atom is -0.391 e. The largest absolute Gasteiger partial charge is 0.391 e. The average Bonchev–Trinajstić information content (AvgIpc) is 3.19. The Morgan fingerprint density at radius 1 is 1.23 bits per heavy atom. The molecule has 2 N–H and O–H groups in total. The second-order valence-corrected chi connectivity index (χ2v) is 8.03. The number of carbonyl (C=O) groups excluding carboxylic acids is 2. The maximum Gasteiger partial charge on any atom is 0.243 e. The number of benzene rings is 2. The van der Waals surface area contributed by atoms with Crippen LogP contribution in [0, 0.1) is 0 Å². The van der Waals surface area contributed by atoms with Crippen molar-refractivity contribution >= 4 is 40.7 Å². The van der Waals surface area contributed by atoms with Crippen LogP contribution >= 0.6 is 23.2 Å². The van der Waals surface area contributed by atoms with Gasteiger partial charge in [-0.05, 0) is 23.3 Å². The summed E-state index contributed by atoms with van der Waals surface area (Å²) in [5, 5.41) is 17.9. The molecule has 1 heterocycles. The molecule has 0 aliphatic carbocycles. The van der Waals surface area contributed by atoms with Crippen LogP contribution in [0.1, 0.15) is 30.6 Å². The smallest absolute Gasteiger partial charge is 0.243 e. The maximum absolute atomic E-state index is 12.7. The van der Waals surface area contributed by atoms with Gasteiger partial charge < -0.3 is 20.2 Å². The van der Waals surface area contributed by atoms with Crippen LogP contribution < -0.4 is 5.32 Å². The summed E-state index contributed by atoms with van der Waals surface area (Å²) in [5.41, 5.74) is 2.08. The molecule has 0 radical (unpaired) electrons. The summed E-state index contributed by atoms with van der Waals surface area (Å²) in [6.07, 6.45) is -0.575. The lowest BCUT2D eigenvalue weighted by Gasteiger charge is -2.22.